The molecule has 3 aliphatic rings. The topological polar surface area (TPSA) is 77.7 Å². The average molecular weight is 460 g/mol. The third kappa shape index (κ3) is 4.29. The van der Waals surface area contributed by atoms with Gasteiger partial charge in [-0.05, 0) is 56.9 Å². The molecular weight excluding hydrogens is 426 g/mol. The molecule has 0 aromatic carbocycles. The van der Waals surface area contributed by atoms with E-state index in [-0.39, 0.29) is 0 Å². The van der Waals surface area contributed by atoms with Crippen molar-refractivity contribution in [2.24, 2.45) is 0 Å². The molecule has 5 rings (SSSR count). The number of aromatic nitrogens is 3. The summed E-state index contributed by atoms with van der Waals surface area (Å²) in [7, 11) is 0. The monoisotopic (exact) mass is 459 g/mol. The van der Waals surface area contributed by atoms with E-state index in [1.165, 1.54) is 12.8 Å². The number of piperazine rings is 1. The highest BCUT2D eigenvalue weighted by Crippen LogP contribution is 2.53. The van der Waals surface area contributed by atoms with E-state index in [0.717, 1.165) is 88.2 Å². The fraction of sp³-hybridized carbons (Fsp3) is 0.667. The Balaban J connectivity index is 1.13. The summed E-state index contributed by atoms with van der Waals surface area (Å²) >= 11 is 5.97. The molecule has 1 saturated heterocycles. The van der Waals surface area contributed by atoms with Crippen molar-refractivity contribution in [1.82, 2.24) is 19.4 Å². The molecule has 2 N–H and O–H groups in total. The van der Waals surface area contributed by atoms with Crippen molar-refractivity contribution in [3.8, 4) is 11.8 Å². The van der Waals surface area contributed by atoms with Crippen molar-refractivity contribution in [1.29, 1.82) is 0 Å². The van der Waals surface area contributed by atoms with Crippen LogP contribution < -0.4 is 4.90 Å². The molecule has 0 amide bonds. The van der Waals surface area contributed by atoms with Crippen LogP contribution in [0, 0.1) is 0 Å². The van der Waals surface area contributed by atoms with Crippen LogP contribution in [0.5, 0.6) is 11.8 Å². The summed E-state index contributed by atoms with van der Waals surface area (Å²) in [6.07, 6.45) is 12.4. The maximum Gasteiger partial charge on any atom is 0.197 e. The van der Waals surface area contributed by atoms with E-state index in [0.29, 0.717) is 35.3 Å². The molecule has 0 saturated carbocycles. The first-order valence-corrected chi connectivity index (χ1v) is 12.6. The molecule has 2 aromatic rings. The van der Waals surface area contributed by atoms with Crippen LogP contribution in [0.15, 0.2) is 12.4 Å². The molecule has 2 unspecified atom stereocenters. The predicted molar refractivity (Wildman–Crippen MR) is 126 cm³/mol. The van der Waals surface area contributed by atoms with Gasteiger partial charge in [0.2, 0.25) is 0 Å². The first kappa shape index (κ1) is 21.8. The van der Waals surface area contributed by atoms with Crippen molar-refractivity contribution in [3.05, 3.63) is 28.7 Å². The Hall–Kier alpha value is -1.99. The van der Waals surface area contributed by atoms with Crippen LogP contribution in [0.3, 0.4) is 0 Å². The van der Waals surface area contributed by atoms with E-state index in [2.05, 4.69) is 19.8 Å². The van der Waals surface area contributed by atoms with Gasteiger partial charge in [0.05, 0.1) is 12.4 Å². The maximum atomic E-state index is 11.0. The fourth-order valence-electron chi connectivity index (χ4n) is 5.99. The zero-order valence-electron chi connectivity index (χ0n) is 18.7. The third-order valence-electron chi connectivity index (χ3n) is 7.71. The van der Waals surface area contributed by atoms with E-state index in [1.807, 2.05) is 0 Å². The lowest BCUT2D eigenvalue weighted by atomic mass is 9.72. The summed E-state index contributed by atoms with van der Waals surface area (Å²) in [5.41, 5.74) is 2.14. The Labute approximate surface area is 195 Å². The van der Waals surface area contributed by atoms with Crippen LogP contribution in [0.2, 0.25) is 5.15 Å². The van der Waals surface area contributed by atoms with Crippen LogP contribution in [-0.2, 0) is 6.54 Å². The zero-order chi connectivity index (χ0) is 22.1. The Morgan fingerprint density at radius 1 is 0.844 bits per heavy atom. The number of aromatic hydroxyl groups is 2. The van der Waals surface area contributed by atoms with E-state index in [4.69, 9.17) is 11.6 Å². The summed E-state index contributed by atoms with van der Waals surface area (Å²) in [4.78, 5) is 13.2. The fourth-order valence-corrected chi connectivity index (χ4v) is 6.13. The number of hydrogen-bond donors (Lipinski definition) is 2. The van der Waals surface area contributed by atoms with Gasteiger partial charge in [0.25, 0.3) is 0 Å². The third-order valence-corrected chi connectivity index (χ3v) is 7.90. The van der Waals surface area contributed by atoms with Crippen LogP contribution in [-0.4, -0.2) is 62.4 Å². The largest absolute Gasteiger partial charge is 0.494 e. The van der Waals surface area contributed by atoms with Gasteiger partial charge in [-0.25, -0.2) is 4.98 Å². The minimum Gasteiger partial charge on any atom is -0.494 e. The van der Waals surface area contributed by atoms with Crippen molar-refractivity contribution in [3.63, 3.8) is 0 Å². The van der Waals surface area contributed by atoms with Crippen molar-refractivity contribution in [2.75, 3.05) is 37.6 Å². The molecule has 2 aliphatic carbocycles. The minimum atomic E-state index is 0.338. The van der Waals surface area contributed by atoms with E-state index < -0.39 is 0 Å². The first-order chi connectivity index (χ1) is 15.6. The Bertz CT molecular complexity index is 903. The highest BCUT2D eigenvalue weighted by Gasteiger charge is 2.37. The average Bonchev–Trinajstić information content (AvgIpc) is 3.02. The second-order valence-electron chi connectivity index (χ2n) is 9.62. The molecule has 1 fully saturated rings. The number of anilines is 1. The lowest BCUT2D eigenvalue weighted by Crippen LogP contribution is -2.47. The van der Waals surface area contributed by atoms with Gasteiger partial charge in [-0.15, -0.1) is 0 Å². The van der Waals surface area contributed by atoms with Crippen LogP contribution >= 0.6 is 11.6 Å². The number of halogens is 1. The summed E-state index contributed by atoms with van der Waals surface area (Å²) in [5, 5.41) is 22.4. The zero-order valence-corrected chi connectivity index (χ0v) is 19.5. The SMILES string of the molecule is Oc1c2c(c(O)n1CCCCN1CCN(c3cncc(Cl)n3)CC1)C1CCCCC2CC1. The molecule has 0 spiro atoms. The van der Waals surface area contributed by atoms with E-state index in [9.17, 15) is 10.2 Å². The highest BCUT2D eigenvalue weighted by atomic mass is 35.5. The van der Waals surface area contributed by atoms with Gasteiger partial charge in [0, 0.05) is 43.9 Å². The van der Waals surface area contributed by atoms with Gasteiger partial charge in [-0.2, -0.15) is 0 Å². The van der Waals surface area contributed by atoms with Gasteiger partial charge in [-0.1, -0.05) is 24.4 Å². The van der Waals surface area contributed by atoms with Gasteiger partial charge in [-0.3, -0.25) is 14.5 Å². The highest BCUT2D eigenvalue weighted by molar-refractivity contribution is 6.29. The summed E-state index contributed by atoms with van der Waals surface area (Å²) < 4.78 is 1.79. The molecule has 7 nitrogen and oxygen atoms in total. The van der Waals surface area contributed by atoms with Gasteiger partial charge in [0.15, 0.2) is 11.8 Å². The Morgan fingerprint density at radius 2 is 1.47 bits per heavy atom. The standard InChI is InChI=1S/C24H34ClN5O2/c25-19-15-26-16-20(27-19)29-13-11-28(12-14-29)9-3-4-10-30-23(31)21-17-5-1-2-6-18(8-7-17)22(21)24(30)32/h15-18,31-32H,1-14H2. The normalized spacial score (nSPS) is 23.7. The second kappa shape index (κ2) is 9.48. The van der Waals surface area contributed by atoms with Crippen LogP contribution in [0.4, 0.5) is 5.82 Å². The molecule has 1 aliphatic heterocycles. The second-order valence-corrected chi connectivity index (χ2v) is 10.0. The number of hydrogen-bond acceptors (Lipinski definition) is 6. The molecular formula is C24H34ClN5O2. The molecule has 32 heavy (non-hydrogen) atoms. The maximum absolute atomic E-state index is 11.0. The Morgan fingerprint density at radius 3 is 2.09 bits per heavy atom. The molecule has 2 aromatic heterocycles. The molecule has 174 valence electrons. The quantitative estimate of drug-likeness (QED) is 0.620. The van der Waals surface area contributed by atoms with Gasteiger partial charge < -0.3 is 15.1 Å². The summed E-state index contributed by atoms with van der Waals surface area (Å²) in [5.74, 6) is 2.37. The van der Waals surface area contributed by atoms with Crippen LogP contribution in [0.1, 0.15) is 74.3 Å². The molecule has 2 bridgehead atoms. The van der Waals surface area contributed by atoms with E-state index >= 15 is 0 Å². The van der Waals surface area contributed by atoms with Crippen LogP contribution in [0.25, 0.3) is 0 Å². The molecule has 8 heteroatoms. The predicted octanol–water partition coefficient (Wildman–Crippen LogP) is 4.48. The van der Waals surface area contributed by atoms with Crippen molar-refractivity contribution in [2.45, 2.75) is 69.7 Å². The molecule has 2 atom stereocenters. The van der Waals surface area contributed by atoms with Crippen molar-refractivity contribution < 1.29 is 10.2 Å². The smallest absolute Gasteiger partial charge is 0.197 e. The Kier molecular flexibility index (Phi) is 6.47. The first-order valence-electron chi connectivity index (χ1n) is 12.2. The number of nitrogens with zero attached hydrogens (tertiary/aromatic N) is 5. The van der Waals surface area contributed by atoms with Crippen molar-refractivity contribution >= 4 is 17.4 Å². The van der Waals surface area contributed by atoms with Gasteiger partial charge >= 0.3 is 0 Å². The van der Waals surface area contributed by atoms with E-state index in [1.54, 1.807) is 17.0 Å². The van der Waals surface area contributed by atoms with Gasteiger partial charge in [0.1, 0.15) is 11.0 Å². The summed E-state index contributed by atoms with van der Waals surface area (Å²) in [6.45, 7) is 5.54. The lowest BCUT2D eigenvalue weighted by molar-refractivity contribution is 0.249. The number of rotatable bonds is 6. The minimum absolute atomic E-state index is 0.338. The summed E-state index contributed by atoms with van der Waals surface area (Å²) in [6, 6.07) is 0. The number of unbranched alkanes of at least 4 members (excludes halogenated alkanes) is 1. The molecule has 3 heterocycles. The lowest BCUT2D eigenvalue weighted by Gasteiger charge is -2.35. The molecule has 0 radical (unpaired) electrons.